The van der Waals surface area contributed by atoms with Crippen molar-refractivity contribution in [2.45, 2.75) is 39.5 Å². The molecule has 4 heteroatoms. The molecular weight excluding hydrogens is 208 g/mol. The second-order valence-electron chi connectivity index (χ2n) is 4.57. The van der Waals surface area contributed by atoms with Crippen LogP contribution in [0.1, 0.15) is 39.5 Å². The molecule has 0 aromatic carbocycles. The monoisotopic (exact) mass is 232 g/mol. The number of carbonyl (C=O) groups is 1. The van der Waals surface area contributed by atoms with Crippen LogP contribution >= 0.6 is 0 Å². The van der Waals surface area contributed by atoms with Gasteiger partial charge in [0.1, 0.15) is 0 Å². The number of aliphatic hydroxyl groups is 1. The Morgan fingerprint density at radius 2 is 1.81 bits per heavy atom. The van der Waals surface area contributed by atoms with Gasteiger partial charge in [0.2, 0.25) is 0 Å². The second kappa shape index (κ2) is 8.53. The molecular formula is C12H24O4. The Balaban J connectivity index is 3.47. The van der Waals surface area contributed by atoms with Crippen LogP contribution in [-0.2, 0) is 14.3 Å². The predicted octanol–water partition coefficient (Wildman–Crippen LogP) is 1.75. The Labute approximate surface area is 97.9 Å². The largest absolute Gasteiger partial charge is 0.469 e. The van der Waals surface area contributed by atoms with Crippen molar-refractivity contribution in [2.75, 3.05) is 26.9 Å². The van der Waals surface area contributed by atoms with Crippen LogP contribution in [0.15, 0.2) is 0 Å². The van der Waals surface area contributed by atoms with Gasteiger partial charge in [-0.25, -0.2) is 0 Å². The van der Waals surface area contributed by atoms with Gasteiger partial charge < -0.3 is 14.6 Å². The van der Waals surface area contributed by atoms with Crippen molar-refractivity contribution in [3.63, 3.8) is 0 Å². The van der Waals surface area contributed by atoms with E-state index >= 15 is 0 Å². The number of aliphatic hydroxyl groups excluding tert-OH is 1. The molecule has 0 spiro atoms. The minimum absolute atomic E-state index is 0.243. The van der Waals surface area contributed by atoms with Gasteiger partial charge in [-0.3, -0.25) is 4.79 Å². The maximum atomic E-state index is 11.3. The lowest BCUT2D eigenvalue weighted by atomic mass is 9.95. The van der Waals surface area contributed by atoms with Gasteiger partial charge in [0.15, 0.2) is 0 Å². The summed E-state index contributed by atoms with van der Waals surface area (Å²) in [4.78, 5) is 11.3. The molecule has 0 atom stereocenters. The van der Waals surface area contributed by atoms with E-state index in [1.165, 1.54) is 7.11 Å². The van der Waals surface area contributed by atoms with Gasteiger partial charge in [-0.2, -0.15) is 0 Å². The normalized spacial score (nSPS) is 11.5. The molecule has 1 N–H and O–H groups in total. The topological polar surface area (TPSA) is 55.8 Å². The lowest BCUT2D eigenvalue weighted by Crippen LogP contribution is -2.30. The molecule has 0 unspecified atom stereocenters. The van der Waals surface area contributed by atoms with Crippen molar-refractivity contribution in [2.24, 2.45) is 5.41 Å². The molecule has 0 aliphatic rings. The average Bonchev–Trinajstić information content (AvgIpc) is 2.26. The van der Waals surface area contributed by atoms with E-state index in [2.05, 4.69) is 4.74 Å². The minimum atomic E-state index is -0.570. The van der Waals surface area contributed by atoms with Gasteiger partial charge in [-0.05, 0) is 26.7 Å². The summed E-state index contributed by atoms with van der Waals surface area (Å²) in [6.07, 6.45) is 3.91. The van der Waals surface area contributed by atoms with E-state index in [9.17, 15) is 4.79 Å². The summed E-state index contributed by atoms with van der Waals surface area (Å²) in [7, 11) is 1.39. The van der Waals surface area contributed by atoms with Gasteiger partial charge in [-0.15, -0.1) is 0 Å². The van der Waals surface area contributed by atoms with E-state index in [0.29, 0.717) is 13.2 Å². The molecule has 0 saturated heterocycles. The van der Waals surface area contributed by atoms with Gasteiger partial charge in [0, 0.05) is 13.2 Å². The third-order valence-electron chi connectivity index (χ3n) is 2.40. The highest BCUT2D eigenvalue weighted by Crippen LogP contribution is 2.17. The van der Waals surface area contributed by atoms with Crippen LogP contribution in [0.2, 0.25) is 0 Å². The number of rotatable bonds is 9. The number of unbranched alkanes of at least 4 members (excludes halogenated alkanes) is 3. The summed E-state index contributed by atoms with van der Waals surface area (Å²) in [5, 5.41) is 8.58. The third-order valence-corrected chi connectivity index (χ3v) is 2.40. The number of methoxy groups -OCH3 is 1. The summed E-state index contributed by atoms with van der Waals surface area (Å²) in [5.41, 5.74) is -0.570. The van der Waals surface area contributed by atoms with Crippen molar-refractivity contribution in [1.29, 1.82) is 0 Å². The highest BCUT2D eigenvalue weighted by Gasteiger charge is 2.28. The van der Waals surface area contributed by atoms with Crippen LogP contribution < -0.4 is 0 Å². The van der Waals surface area contributed by atoms with Gasteiger partial charge >= 0.3 is 5.97 Å². The first-order chi connectivity index (χ1) is 7.54. The average molecular weight is 232 g/mol. The van der Waals surface area contributed by atoms with E-state index in [1.54, 1.807) is 0 Å². The predicted molar refractivity (Wildman–Crippen MR) is 62.2 cm³/mol. The molecule has 0 heterocycles. The van der Waals surface area contributed by atoms with Crippen molar-refractivity contribution in [1.82, 2.24) is 0 Å². The van der Waals surface area contributed by atoms with Crippen LogP contribution in [0, 0.1) is 5.41 Å². The van der Waals surface area contributed by atoms with Crippen LogP contribution in [0.5, 0.6) is 0 Å². The lowest BCUT2D eigenvalue weighted by molar-refractivity contribution is -0.154. The fourth-order valence-electron chi connectivity index (χ4n) is 1.33. The quantitative estimate of drug-likeness (QED) is 0.486. The van der Waals surface area contributed by atoms with Gasteiger partial charge in [-0.1, -0.05) is 12.8 Å². The van der Waals surface area contributed by atoms with E-state index in [-0.39, 0.29) is 12.6 Å². The molecule has 0 bridgehead atoms. The molecule has 0 aliphatic carbocycles. The fourth-order valence-corrected chi connectivity index (χ4v) is 1.33. The smallest absolute Gasteiger partial charge is 0.313 e. The zero-order chi connectivity index (χ0) is 12.4. The van der Waals surface area contributed by atoms with Crippen LogP contribution in [0.3, 0.4) is 0 Å². The zero-order valence-corrected chi connectivity index (χ0v) is 10.6. The van der Waals surface area contributed by atoms with E-state index in [4.69, 9.17) is 9.84 Å². The Kier molecular flexibility index (Phi) is 8.21. The van der Waals surface area contributed by atoms with Crippen molar-refractivity contribution in [3.05, 3.63) is 0 Å². The maximum Gasteiger partial charge on any atom is 0.313 e. The maximum absolute atomic E-state index is 11.3. The Morgan fingerprint density at radius 1 is 1.19 bits per heavy atom. The van der Waals surface area contributed by atoms with E-state index in [0.717, 1.165) is 25.7 Å². The molecule has 0 saturated carbocycles. The molecule has 0 aliphatic heterocycles. The van der Waals surface area contributed by atoms with Crippen molar-refractivity contribution >= 4 is 5.97 Å². The number of esters is 1. The lowest BCUT2D eigenvalue weighted by Gasteiger charge is -2.21. The first kappa shape index (κ1) is 15.4. The van der Waals surface area contributed by atoms with Crippen LogP contribution in [0.4, 0.5) is 0 Å². The molecule has 0 aromatic rings. The summed E-state index contributed by atoms with van der Waals surface area (Å²) in [6, 6.07) is 0. The molecule has 0 rings (SSSR count). The molecule has 96 valence electrons. The summed E-state index contributed by atoms with van der Waals surface area (Å²) in [6.45, 7) is 4.93. The van der Waals surface area contributed by atoms with Gasteiger partial charge in [0.25, 0.3) is 0 Å². The minimum Gasteiger partial charge on any atom is -0.469 e. The van der Waals surface area contributed by atoms with Crippen LogP contribution in [-0.4, -0.2) is 38.0 Å². The molecule has 0 fully saturated rings. The first-order valence-corrected chi connectivity index (χ1v) is 5.81. The van der Waals surface area contributed by atoms with Gasteiger partial charge in [0.05, 0.1) is 19.1 Å². The number of hydrogen-bond donors (Lipinski definition) is 1. The Morgan fingerprint density at radius 3 is 2.38 bits per heavy atom. The number of hydrogen-bond acceptors (Lipinski definition) is 4. The standard InChI is InChI=1S/C12H24O4/c1-12(2,11(14)15-3)10-16-9-7-5-4-6-8-13/h13H,4-10H2,1-3H3. The SMILES string of the molecule is COC(=O)C(C)(C)COCCCCCCO. The molecule has 4 nitrogen and oxygen atoms in total. The van der Waals surface area contributed by atoms with E-state index in [1.807, 2.05) is 13.8 Å². The number of ether oxygens (including phenoxy) is 2. The van der Waals surface area contributed by atoms with Crippen molar-refractivity contribution < 1.29 is 19.4 Å². The Hall–Kier alpha value is -0.610. The summed E-state index contributed by atoms with van der Waals surface area (Å²) < 4.78 is 10.1. The molecule has 0 radical (unpaired) electrons. The highest BCUT2D eigenvalue weighted by atomic mass is 16.5. The van der Waals surface area contributed by atoms with E-state index < -0.39 is 5.41 Å². The Bertz CT molecular complexity index is 189. The molecule has 0 amide bonds. The highest BCUT2D eigenvalue weighted by molar-refractivity contribution is 5.75. The fraction of sp³-hybridized carbons (Fsp3) is 0.917. The third kappa shape index (κ3) is 6.80. The zero-order valence-electron chi connectivity index (χ0n) is 10.6. The second-order valence-corrected chi connectivity index (χ2v) is 4.57. The molecule has 0 aromatic heterocycles. The first-order valence-electron chi connectivity index (χ1n) is 5.81. The number of carbonyl (C=O) groups excluding carboxylic acids is 1. The molecule has 16 heavy (non-hydrogen) atoms. The summed E-state index contributed by atoms with van der Waals surface area (Å²) in [5.74, 6) is -0.243. The summed E-state index contributed by atoms with van der Waals surface area (Å²) >= 11 is 0. The van der Waals surface area contributed by atoms with Crippen molar-refractivity contribution in [3.8, 4) is 0 Å². The van der Waals surface area contributed by atoms with Crippen LogP contribution in [0.25, 0.3) is 0 Å².